The Morgan fingerprint density at radius 3 is 2.93 bits per heavy atom. The number of rotatable bonds is 3. The lowest BCUT2D eigenvalue weighted by Crippen LogP contribution is -1.91. The van der Waals surface area contributed by atoms with Crippen LogP contribution in [0.3, 0.4) is 0 Å². The van der Waals surface area contributed by atoms with Gasteiger partial charge in [0.2, 0.25) is 5.89 Å². The minimum Gasteiger partial charge on any atom is -0.338 e. The zero-order valence-electron chi connectivity index (χ0n) is 7.78. The second kappa shape index (κ2) is 4.40. The summed E-state index contributed by atoms with van der Waals surface area (Å²) in [5, 5.41) is 3.72. The van der Waals surface area contributed by atoms with Crippen molar-refractivity contribution in [3.05, 3.63) is 47.4 Å². The zero-order valence-corrected chi connectivity index (χ0v) is 8.54. The molecule has 1 aromatic heterocycles. The third kappa shape index (κ3) is 2.53. The standard InChI is InChI=1S/C10H8ClFN2O/c11-6-10-13-9(14-15-10)5-7-2-1-3-8(12)4-7/h1-4H,5-6H2. The Morgan fingerprint density at radius 2 is 2.27 bits per heavy atom. The molecule has 0 unspecified atom stereocenters. The van der Waals surface area contributed by atoms with Crippen LogP contribution in [0, 0.1) is 5.82 Å². The molecular formula is C10H8ClFN2O. The summed E-state index contributed by atoms with van der Waals surface area (Å²) in [6.07, 6.45) is 0.443. The van der Waals surface area contributed by atoms with Gasteiger partial charge in [0.15, 0.2) is 5.82 Å². The van der Waals surface area contributed by atoms with E-state index in [4.69, 9.17) is 16.1 Å². The van der Waals surface area contributed by atoms with E-state index in [9.17, 15) is 4.39 Å². The molecule has 0 aliphatic heterocycles. The number of alkyl halides is 1. The van der Waals surface area contributed by atoms with Crippen LogP contribution in [-0.2, 0) is 12.3 Å². The maximum Gasteiger partial charge on any atom is 0.241 e. The van der Waals surface area contributed by atoms with Crippen LogP contribution < -0.4 is 0 Å². The van der Waals surface area contributed by atoms with E-state index in [1.54, 1.807) is 12.1 Å². The molecule has 1 heterocycles. The molecule has 1 aromatic carbocycles. The smallest absolute Gasteiger partial charge is 0.241 e. The fraction of sp³-hybridized carbons (Fsp3) is 0.200. The van der Waals surface area contributed by atoms with Crippen molar-refractivity contribution in [2.45, 2.75) is 12.3 Å². The number of halogens is 2. The number of hydrogen-bond acceptors (Lipinski definition) is 3. The van der Waals surface area contributed by atoms with E-state index < -0.39 is 0 Å². The van der Waals surface area contributed by atoms with Crippen molar-refractivity contribution in [1.29, 1.82) is 0 Å². The molecule has 0 amide bonds. The first kappa shape index (κ1) is 10.1. The molecule has 0 spiro atoms. The van der Waals surface area contributed by atoms with Crippen LogP contribution in [0.15, 0.2) is 28.8 Å². The fourth-order valence-corrected chi connectivity index (χ4v) is 1.35. The number of hydrogen-bond donors (Lipinski definition) is 0. The van der Waals surface area contributed by atoms with Crippen LogP contribution in [0.1, 0.15) is 17.3 Å². The Morgan fingerprint density at radius 1 is 1.40 bits per heavy atom. The molecule has 0 fully saturated rings. The summed E-state index contributed by atoms with van der Waals surface area (Å²) < 4.78 is 17.7. The van der Waals surface area contributed by atoms with E-state index in [2.05, 4.69) is 10.1 Å². The molecule has 78 valence electrons. The Kier molecular flexibility index (Phi) is 2.97. The summed E-state index contributed by atoms with van der Waals surface area (Å²) >= 11 is 5.51. The Bertz CT molecular complexity index is 458. The zero-order chi connectivity index (χ0) is 10.7. The minimum atomic E-state index is -0.270. The minimum absolute atomic E-state index is 0.191. The Balaban J connectivity index is 2.14. The Labute approximate surface area is 90.9 Å². The largest absolute Gasteiger partial charge is 0.338 e. The van der Waals surface area contributed by atoms with Gasteiger partial charge in [0.25, 0.3) is 0 Å². The molecule has 0 bridgehead atoms. The van der Waals surface area contributed by atoms with Gasteiger partial charge >= 0.3 is 0 Å². The highest BCUT2D eigenvalue weighted by Crippen LogP contribution is 2.09. The van der Waals surface area contributed by atoms with Crippen molar-refractivity contribution < 1.29 is 8.91 Å². The molecule has 3 nitrogen and oxygen atoms in total. The normalized spacial score (nSPS) is 10.5. The molecule has 15 heavy (non-hydrogen) atoms. The first-order valence-electron chi connectivity index (χ1n) is 4.40. The van der Waals surface area contributed by atoms with Crippen molar-refractivity contribution in [3.63, 3.8) is 0 Å². The van der Waals surface area contributed by atoms with Gasteiger partial charge in [-0.3, -0.25) is 0 Å². The van der Waals surface area contributed by atoms with Crippen LogP contribution >= 0.6 is 11.6 Å². The van der Waals surface area contributed by atoms with Crippen molar-refractivity contribution in [2.24, 2.45) is 0 Å². The number of benzene rings is 1. The van der Waals surface area contributed by atoms with Gasteiger partial charge in [-0.05, 0) is 17.7 Å². The number of aromatic nitrogens is 2. The maximum atomic E-state index is 12.9. The summed E-state index contributed by atoms with van der Waals surface area (Å²) in [6, 6.07) is 6.29. The molecule has 0 aliphatic carbocycles. The lowest BCUT2D eigenvalue weighted by atomic mass is 10.1. The van der Waals surface area contributed by atoms with Crippen LogP contribution in [0.2, 0.25) is 0 Å². The van der Waals surface area contributed by atoms with Crippen LogP contribution in [0.25, 0.3) is 0 Å². The van der Waals surface area contributed by atoms with E-state index in [1.165, 1.54) is 12.1 Å². The van der Waals surface area contributed by atoms with Crippen molar-refractivity contribution in [3.8, 4) is 0 Å². The summed E-state index contributed by atoms with van der Waals surface area (Å²) in [5.74, 6) is 0.809. The highest BCUT2D eigenvalue weighted by molar-refractivity contribution is 6.16. The topological polar surface area (TPSA) is 38.9 Å². The first-order chi connectivity index (χ1) is 7.28. The monoisotopic (exact) mass is 226 g/mol. The van der Waals surface area contributed by atoms with Gasteiger partial charge in [-0.15, -0.1) is 11.6 Å². The molecule has 0 radical (unpaired) electrons. The van der Waals surface area contributed by atoms with E-state index in [1.807, 2.05) is 0 Å². The van der Waals surface area contributed by atoms with E-state index in [0.29, 0.717) is 18.1 Å². The van der Waals surface area contributed by atoms with Gasteiger partial charge in [0.05, 0.1) is 0 Å². The van der Waals surface area contributed by atoms with Gasteiger partial charge in [-0.25, -0.2) is 4.39 Å². The van der Waals surface area contributed by atoms with Crippen LogP contribution in [-0.4, -0.2) is 10.1 Å². The lowest BCUT2D eigenvalue weighted by Gasteiger charge is -1.95. The summed E-state index contributed by atoms with van der Waals surface area (Å²) in [6.45, 7) is 0. The van der Waals surface area contributed by atoms with Gasteiger partial charge < -0.3 is 4.52 Å². The molecule has 0 saturated carbocycles. The summed E-state index contributed by atoms with van der Waals surface area (Å²) in [7, 11) is 0. The molecular weight excluding hydrogens is 219 g/mol. The lowest BCUT2D eigenvalue weighted by molar-refractivity contribution is 0.385. The predicted molar refractivity (Wildman–Crippen MR) is 53.1 cm³/mol. The first-order valence-corrected chi connectivity index (χ1v) is 4.93. The average Bonchev–Trinajstić information content (AvgIpc) is 2.65. The van der Waals surface area contributed by atoms with E-state index in [-0.39, 0.29) is 11.7 Å². The van der Waals surface area contributed by atoms with Gasteiger partial charge in [0, 0.05) is 6.42 Å². The van der Waals surface area contributed by atoms with Gasteiger partial charge in [-0.2, -0.15) is 4.98 Å². The quantitative estimate of drug-likeness (QED) is 0.755. The molecule has 2 rings (SSSR count). The molecule has 0 saturated heterocycles. The SMILES string of the molecule is Fc1cccc(Cc2noc(CCl)n2)c1. The third-order valence-corrected chi connectivity index (χ3v) is 2.10. The molecule has 2 aromatic rings. The second-order valence-corrected chi connectivity index (χ2v) is 3.31. The van der Waals surface area contributed by atoms with Crippen LogP contribution in [0.5, 0.6) is 0 Å². The molecule has 0 N–H and O–H groups in total. The summed E-state index contributed by atoms with van der Waals surface area (Å²) in [4.78, 5) is 4.02. The maximum absolute atomic E-state index is 12.9. The predicted octanol–water partition coefficient (Wildman–Crippen LogP) is 2.54. The van der Waals surface area contributed by atoms with Crippen molar-refractivity contribution in [2.75, 3.05) is 0 Å². The Hall–Kier alpha value is -1.42. The fourth-order valence-electron chi connectivity index (χ4n) is 1.25. The van der Waals surface area contributed by atoms with Crippen molar-refractivity contribution in [1.82, 2.24) is 10.1 Å². The summed E-state index contributed by atoms with van der Waals surface area (Å²) in [5.41, 5.74) is 0.803. The third-order valence-electron chi connectivity index (χ3n) is 1.88. The van der Waals surface area contributed by atoms with Crippen molar-refractivity contribution >= 4 is 11.6 Å². The number of nitrogens with zero attached hydrogens (tertiary/aromatic N) is 2. The molecule has 5 heteroatoms. The van der Waals surface area contributed by atoms with Gasteiger partial charge in [0.1, 0.15) is 11.7 Å². The molecule has 0 aliphatic rings. The van der Waals surface area contributed by atoms with E-state index in [0.717, 1.165) is 5.56 Å². The molecule has 0 atom stereocenters. The highest BCUT2D eigenvalue weighted by Gasteiger charge is 2.06. The highest BCUT2D eigenvalue weighted by atomic mass is 35.5. The average molecular weight is 227 g/mol. The second-order valence-electron chi connectivity index (χ2n) is 3.04. The van der Waals surface area contributed by atoms with Gasteiger partial charge in [-0.1, -0.05) is 17.3 Å². The van der Waals surface area contributed by atoms with Crippen LogP contribution in [0.4, 0.5) is 4.39 Å². The van der Waals surface area contributed by atoms with E-state index >= 15 is 0 Å².